The Morgan fingerprint density at radius 3 is 0.606 bits per heavy atom. The Morgan fingerprint density at radius 1 is 0.269 bits per heavy atom. The van der Waals surface area contributed by atoms with E-state index in [1.807, 2.05) is 27.7 Å². The van der Waals surface area contributed by atoms with Crippen LogP contribution in [0, 0.1) is 27.7 Å². The van der Waals surface area contributed by atoms with Gasteiger partial charge in [-0.15, -0.1) is 47.0 Å². The molecule has 32 nitrogen and oxygen atoms in total. The summed E-state index contributed by atoms with van der Waals surface area (Å²) in [5, 5.41) is 168. The summed E-state index contributed by atoms with van der Waals surface area (Å²) in [6, 6.07) is 0. The number of benzene rings is 4. The maximum Gasteiger partial charge on any atom is 0.231 e. The molecule has 0 amide bonds. The van der Waals surface area contributed by atoms with Crippen LogP contribution in [0.1, 0.15) is 66.8 Å². The first kappa shape index (κ1) is 77.9. The maximum atomic E-state index is 11.0. The first-order valence-electron chi connectivity index (χ1n) is 34.1. The Hall–Kier alpha value is -4.28. The predicted octanol–water partition coefficient (Wildman–Crippen LogP) is -1.85. The molecule has 36 heteroatoms. The molecule has 9 aliphatic rings. The third-order valence-corrected chi connectivity index (χ3v) is 24.5. The molecule has 4 fully saturated rings. The zero-order valence-electron chi connectivity index (χ0n) is 57.0. The second kappa shape index (κ2) is 33.5. The van der Waals surface area contributed by atoms with Crippen molar-refractivity contribution in [1.29, 1.82) is 0 Å². The fourth-order valence-electron chi connectivity index (χ4n) is 14.4. The average Bonchev–Trinajstić information content (AvgIpc) is 0.732. The van der Waals surface area contributed by atoms with Crippen molar-refractivity contribution in [3.8, 4) is 46.0 Å². The lowest BCUT2D eigenvalue weighted by Gasteiger charge is -2.39. The lowest BCUT2D eigenvalue weighted by Crippen LogP contribution is -2.59. The van der Waals surface area contributed by atoms with Gasteiger partial charge in [-0.2, -0.15) is 0 Å². The van der Waals surface area contributed by atoms with Crippen LogP contribution in [-0.2, 0) is 63.6 Å². The molecule has 0 spiro atoms. The topological polar surface area (TPSA) is 471 Å². The van der Waals surface area contributed by atoms with Crippen LogP contribution >= 0.6 is 47.0 Å². The zero-order chi connectivity index (χ0) is 73.7. The lowest BCUT2D eigenvalue weighted by atomic mass is 9.83. The van der Waals surface area contributed by atoms with Gasteiger partial charge in [-0.05, 0) is 49.9 Å². The molecule has 4 aromatic rings. The van der Waals surface area contributed by atoms with E-state index >= 15 is 0 Å². The Morgan fingerprint density at radius 2 is 0.442 bits per heavy atom. The molecule has 0 aromatic heterocycles. The maximum absolute atomic E-state index is 11.0. The fraction of sp³-hybridized carbons (Fsp3) is 0.647. The number of ether oxygens (including phenoxy) is 16. The van der Waals surface area contributed by atoms with Crippen molar-refractivity contribution < 1.29 is 157 Å². The Kier molecular flexibility index (Phi) is 25.1. The van der Waals surface area contributed by atoms with Gasteiger partial charge in [0.05, 0.1) is 72.4 Å². The molecular weight excluding hydrogens is 1460 g/mol. The van der Waals surface area contributed by atoms with Crippen LogP contribution in [0.2, 0.25) is 0 Å². The minimum atomic E-state index is -1.68. The third kappa shape index (κ3) is 14.9. The van der Waals surface area contributed by atoms with Crippen LogP contribution in [0.5, 0.6) is 46.0 Å². The van der Waals surface area contributed by atoms with Crippen LogP contribution in [0.25, 0.3) is 0 Å². The average molecular weight is 1550 g/mol. The molecule has 576 valence electrons. The molecule has 8 heterocycles. The summed E-state index contributed by atoms with van der Waals surface area (Å²) >= 11 is 5.19. The van der Waals surface area contributed by atoms with E-state index in [2.05, 4.69) is 0 Å². The van der Waals surface area contributed by atoms with Crippen molar-refractivity contribution in [3.63, 3.8) is 0 Å². The smallest absolute Gasteiger partial charge is 0.231 e. The molecule has 0 radical (unpaired) electrons. The van der Waals surface area contributed by atoms with Crippen LogP contribution < -0.4 is 37.9 Å². The molecule has 1 aliphatic carbocycles. The van der Waals surface area contributed by atoms with Gasteiger partial charge in [-0.25, -0.2) is 0 Å². The van der Waals surface area contributed by atoms with Gasteiger partial charge in [-0.3, -0.25) is 0 Å². The standard InChI is InChI=1S/C68H88O32S4/c1-25-29-13-31-26(2)33-15-35-28(4)36-16-34-27(3)32-14-30(25)54-61(101-9-5-85-65-49(81)45(77)41(73)37(17-69)97-65)53(29)89-21-91-55(31)62(102-10-6-86-66-50(82)46(78)42(74)38(18-70)98-66)57(33)93-23-95-59(35)64(104-12-8-88-68-52(84)48(80)44(76)40(20-72)100-68)60(36)96-24-94-58(34)63(56(32)92-22-90-54)103-11-7-87-67-51(83)47(79)43(75)39(19-71)99-67/h37-52,65-84H,5-24H2,1-4H3/t37-,38-,39-,40-,41-,42-,43-,44-,45+,46+,47+,48+,49-,50-,51-,52-,65-,66-,67-,68-/m1/s1. The van der Waals surface area contributed by atoms with Crippen LogP contribution in [-0.4, -0.2) is 308 Å². The van der Waals surface area contributed by atoms with Crippen molar-refractivity contribution in [3.05, 3.63) is 66.8 Å². The second-order valence-corrected chi connectivity index (χ2v) is 30.7. The summed E-state index contributed by atoms with van der Waals surface area (Å²) in [6.07, 6.45) is -29.7. The number of aliphatic hydroxyl groups is 16. The number of thioether (sulfide) groups is 4. The molecule has 4 aromatic carbocycles. The van der Waals surface area contributed by atoms with Gasteiger partial charge in [0, 0.05) is 93.2 Å². The quantitative estimate of drug-likeness (QED) is 0.0238. The SMILES string of the molecule is Cc1c2c3c(SCCO[C@@H]4O[C@H](CO)[C@@H](O)[C@H](O)[C@H]4O)c4c1Cc1c(C)c5c(c(SCCO[C@@H]6O[C@H](CO)[C@@H](O)[C@H](O)[C@H]6O)c1OCO4)OCOc1c(c(C)c4c(c1SCCO[C@@H]1O[C@H](CO)[C@@H](O)[C@H](O)[C@H]1O)OCOc1c(c(C)c(c(c1SCCO[C@@H]1O[C@H](CO)[C@@H](O)[C@H](O)[C@H]1O)OCO3)C2)C4)C5. The normalized spacial score (nSPS) is 31.8. The number of hydrogen-bond acceptors (Lipinski definition) is 36. The van der Waals surface area contributed by atoms with E-state index in [0.29, 0.717) is 65.6 Å². The summed E-state index contributed by atoms with van der Waals surface area (Å²) in [6.45, 7) is 3.38. The molecule has 0 unspecified atom stereocenters. The molecule has 20 atom stereocenters. The van der Waals surface area contributed by atoms with E-state index in [0.717, 1.165) is 66.8 Å². The molecule has 16 N–H and O–H groups in total. The first-order valence-corrected chi connectivity index (χ1v) is 38.0. The monoisotopic (exact) mass is 1540 g/mol. The van der Waals surface area contributed by atoms with Crippen molar-refractivity contribution in [1.82, 2.24) is 0 Å². The van der Waals surface area contributed by atoms with Crippen LogP contribution in [0.15, 0.2) is 19.6 Å². The van der Waals surface area contributed by atoms with Gasteiger partial charge in [0.25, 0.3) is 0 Å². The summed E-state index contributed by atoms with van der Waals surface area (Å²) in [7, 11) is 0. The Balaban J connectivity index is 0.953. The van der Waals surface area contributed by atoms with Crippen LogP contribution in [0.3, 0.4) is 0 Å². The van der Waals surface area contributed by atoms with Crippen molar-refractivity contribution in [2.75, 3.05) is 103 Å². The van der Waals surface area contributed by atoms with Crippen molar-refractivity contribution in [2.45, 2.75) is 196 Å². The molecule has 8 bridgehead atoms. The highest BCUT2D eigenvalue weighted by atomic mass is 32.2. The first-order chi connectivity index (χ1) is 50.1. The number of rotatable bonds is 24. The van der Waals surface area contributed by atoms with Gasteiger partial charge < -0.3 is 157 Å². The third-order valence-electron chi connectivity index (χ3n) is 20.3. The highest BCUT2D eigenvalue weighted by Gasteiger charge is 2.49. The van der Waals surface area contributed by atoms with E-state index in [1.54, 1.807) is 0 Å². The summed E-state index contributed by atoms with van der Waals surface area (Å²) in [4.78, 5) is 2.09. The summed E-state index contributed by atoms with van der Waals surface area (Å²) in [5.74, 6) is 3.83. The van der Waals surface area contributed by atoms with E-state index < -0.39 is 149 Å². The Labute approximate surface area is 613 Å². The molecule has 13 rings (SSSR count). The van der Waals surface area contributed by atoms with Gasteiger partial charge in [0.15, 0.2) is 25.2 Å². The highest BCUT2D eigenvalue weighted by Crippen LogP contribution is 2.57. The number of hydrogen-bond donors (Lipinski definition) is 16. The number of aliphatic hydroxyl groups excluding tert-OH is 16. The van der Waals surface area contributed by atoms with E-state index in [9.17, 15) is 81.7 Å². The van der Waals surface area contributed by atoms with E-state index in [4.69, 9.17) is 75.8 Å². The zero-order valence-corrected chi connectivity index (χ0v) is 60.3. The fourth-order valence-corrected chi connectivity index (χ4v) is 18.4. The van der Waals surface area contributed by atoms with Crippen molar-refractivity contribution >= 4 is 47.0 Å². The van der Waals surface area contributed by atoms with E-state index in [1.165, 1.54) is 47.0 Å². The second-order valence-electron chi connectivity index (χ2n) is 26.3. The predicted molar refractivity (Wildman–Crippen MR) is 362 cm³/mol. The van der Waals surface area contributed by atoms with Gasteiger partial charge in [0.1, 0.15) is 144 Å². The lowest BCUT2D eigenvalue weighted by molar-refractivity contribution is -0.299. The van der Waals surface area contributed by atoms with Gasteiger partial charge in [0.2, 0.25) is 27.2 Å². The van der Waals surface area contributed by atoms with Crippen molar-refractivity contribution in [2.24, 2.45) is 0 Å². The molecule has 4 saturated heterocycles. The Bertz CT molecular complexity index is 3120. The summed E-state index contributed by atoms with van der Waals surface area (Å²) in [5.41, 5.74) is 9.03. The molecule has 104 heavy (non-hydrogen) atoms. The largest absolute Gasteiger partial charge is 0.456 e. The summed E-state index contributed by atoms with van der Waals surface area (Å²) < 4.78 is 102. The van der Waals surface area contributed by atoms with Gasteiger partial charge >= 0.3 is 0 Å². The highest BCUT2D eigenvalue weighted by molar-refractivity contribution is 8.00. The minimum absolute atomic E-state index is 0.103. The molecular formula is C68H88O32S4. The van der Waals surface area contributed by atoms with E-state index in [-0.39, 0.29) is 102 Å². The minimum Gasteiger partial charge on any atom is -0.456 e. The molecule has 0 saturated carbocycles. The van der Waals surface area contributed by atoms with Gasteiger partial charge in [-0.1, -0.05) is 0 Å². The molecule has 8 aliphatic heterocycles. The van der Waals surface area contributed by atoms with Crippen LogP contribution in [0.4, 0.5) is 0 Å².